The van der Waals surface area contributed by atoms with Gasteiger partial charge >= 0.3 is 0 Å². The number of benzene rings is 1. The lowest BCUT2D eigenvalue weighted by atomic mass is 10.0. The summed E-state index contributed by atoms with van der Waals surface area (Å²) in [6, 6.07) is 9.06. The van der Waals surface area contributed by atoms with Crippen LogP contribution >= 0.6 is 11.3 Å². The number of aliphatic hydroxyl groups is 1. The van der Waals surface area contributed by atoms with E-state index in [4.69, 9.17) is 9.15 Å². The molecule has 0 bridgehead atoms. The first-order valence-corrected chi connectivity index (χ1v) is 8.42. The summed E-state index contributed by atoms with van der Waals surface area (Å²) in [5.74, 6) is 0.908. The van der Waals surface area contributed by atoms with E-state index in [1.54, 1.807) is 39.2 Å². The Bertz CT molecular complexity index is 865. The summed E-state index contributed by atoms with van der Waals surface area (Å²) in [7, 11) is 1.58. The highest BCUT2D eigenvalue weighted by molar-refractivity contribution is 7.10. The lowest BCUT2D eigenvalue weighted by Crippen LogP contribution is -2.38. The molecule has 0 spiro atoms. The van der Waals surface area contributed by atoms with Crippen molar-refractivity contribution in [2.24, 2.45) is 0 Å². The van der Waals surface area contributed by atoms with Gasteiger partial charge in [-0.05, 0) is 43.5 Å². The fourth-order valence-corrected chi connectivity index (χ4v) is 3.41. The second-order valence-corrected chi connectivity index (χ2v) is 6.78. The Morgan fingerprint density at radius 3 is 2.88 bits per heavy atom. The van der Waals surface area contributed by atoms with Gasteiger partial charge < -0.3 is 19.6 Å². The number of rotatable bonds is 5. The van der Waals surface area contributed by atoms with E-state index in [0.29, 0.717) is 28.0 Å². The molecule has 3 aromatic rings. The normalized spacial score (nSPS) is 13.7. The van der Waals surface area contributed by atoms with E-state index in [1.807, 2.05) is 17.5 Å². The van der Waals surface area contributed by atoms with Crippen LogP contribution in [0.2, 0.25) is 0 Å². The summed E-state index contributed by atoms with van der Waals surface area (Å²) in [6.45, 7) is 3.55. The maximum Gasteiger partial charge on any atom is 0.255 e. The standard InChI is InChI=1S/C18H19NO4S/c1-11-16(13-9-12(22-3)6-7-14(13)23-11)17(20)19-10-18(2,21)15-5-4-8-24-15/h4-9,21H,10H2,1-3H3,(H,19,20). The van der Waals surface area contributed by atoms with Crippen LogP contribution < -0.4 is 10.1 Å². The number of thiophene rings is 1. The Hall–Kier alpha value is -2.31. The molecule has 1 unspecified atom stereocenters. The number of furan rings is 1. The van der Waals surface area contributed by atoms with Gasteiger partial charge in [-0.15, -0.1) is 11.3 Å². The number of fused-ring (bicyclic) bond motifs is 1. The number of aryl methyl sites for hydroxylation is 1. The van der Waals surface area contributed by atoms with Crippen molar-refractivity contribution in [1.82, 2.24) is 5.32 Å². The number of nitrogens with one attached hydrogen (secondary N) is 1. The molecule has 126 valence electrons. The van der Waals surface area contributed by atoms with Gasteiger partial charge in [0.05, 0.1) is 19.2 Å². The van der Waals surface area contributed by atoms with Crippen LogP contribution in [0.4, 0.5) is 0 Å². The number of hydrogen-bond acceptors (Lipinski definition) is 5. The van der Waals surface area contributed by atoms with Crippen LogP contribution in [0.3, 0.4) is 0 Å². The predicted molar refractivity (Wildman–Crippen MR) is 93.7 cm³/mol. The van der Waals surface area contributed by atoms with Crippen molar-refractivity contribution in [3.05, 3.63) is 51.9 Å². The summed E-state index contributed by atoms with van der Waals surface area (Å²) < 4.78 is 10.9. The first-order valence-electron chi connectivity index (χ1n) is 7.54. The zero-order valence-corrected chi connectivity index (χ0v) is 14.6. The highest BCUT2D eigenvalue weighted by Crippen LogP contribution is 2.29. The van der Waals surface area contributed by atoms with E-state index in [0.717, 1.165) is 4.88 Å². The minimum atomic E-state index is -1.12. The first-order chi connectivity index (χ1) is 11.4. The highest BCUT2D eigenvalue weighted by Gasteiger charge is 2.26. The number of hydrogen-bond donors (Lipinski definition) is 2. The van der Waals surface area contributed by atoms with Gasteiger partial charge in [-0.1, -0.05) is 6.07 Å². The minimum Gasteiger partial charge on any atom is -0.497 e. The molecule has 0 fully saturated rings. The van der Waals surface area contributed by atoms with Crippen LogP contribution in [-0.2, 0) is 5.60 Å². The van der Waals surface area contributed by atoms with Gasteiger partial charge in [-0.25, -0.2) is 0 Å². The molecule has 0 aliphatic carbocycles. The Balaban J connectivity index is 1.85. The van der Waals surface area contributed by atoms with Crippen LogP contribution in [0.15, 0.2) is 40.1 Å². The molecule has 5 nitrogen and oxygen atoms in total. The smallest absolute Gasteiger partial charge is 0.255 e. The Labute approximate surface area is 143 Å². The molecule has 1 atom stereocenters. The van der Waals surface area contributed by atoms with E-state index in [2.05, 4.69) is 5.32 Å². The van der Waals surface area contributed by atoms with Crippen LogP contribution in [0.25, 0.3) is 11.0 Å². The average molecular weight is 345 g/mol. The Kier molecular flexibility index (Phi) is 4.34. The maximum atomic E-state index is 12.6. The van der Waals surface area contributed by atoms with Gasteiger partial charge in [-0.3, -0.25) is 4.79 Å². The third-order valence-electron chi connectivity index (χ3n) is 3.94. The van der Waals surface area contributed by atoms with Crippen LogP contribution in [0.1, 0.15) is 27.9 Å². The molecule has 0 saturated heterocycles. The van der Waals surface area contributed by atoms with E-state index in [-0.39, 0.29) is 12.5 Å². The summed E-state index contributed by atoms with van der Waals surface area (Å²) in [5.41, 5.74) is -0.0241. The molecule has 24 heavy (non-hydrogen) atoms. The van der Waals surface area contributed by atoms with Gasteiger partial charge in [0.1, 0.15) is 22.7 Å². The number of carbonyl (C=O) groups is 1. The molecule has 2 N–H and O–H groups in total. The van der Waals surface area contributed by atoms with Crippen molar-refractivity contribution in [1.29, 1.82) is 0 Å². The number of amides is 1. The molecular formula is C18H19NO4S. The molecule has 3 rings (SSSR count). The minimum absolute atomic E-state index is 0.114. The SMILES string of the molecule is COc1ccc2oc(C)c(C(=O)NCC(C)(O)c3cccs3)c2c1. The molecule has 0 saturated carbocycles. The highest BCUT2D eigenvalue weighted by atomic mass is 32.1. The number of ether oxygens (including phenoxy) is 1. The number of methoxy groups -OCH3 is 1. The third kappa shape index (κ3) is 3.02. The Morgan fingerprint density at radius 2 is 2.21 bits per heavy atom. The molecule has 1 amide bonds. The van der Waals surface area contributed by atoms with Gasteiger partial charge in [0.2, 0.25) is 0 Å². The van der Waals surface area contributed by atoms with Crippen molar-refractivity contribution < 1.29 is 19.1 Å². The quantitative estimate of drug-likeness (QED) is 0.743. The van der Waals surface area contributed by atoms with Crippen molar-refractivity contribution >= 4 is 28.2 Å². The lowest BCUT2D eigenvalue weighted by Gasteiger charge is -2.22. The molecule has 0 aliphatic rings. The first kappa shape index (κ1) is 16.5. The fraction of sp³-hybridized carbons (Fsp3) is 0.278. The zero-order chi connectivity index (χ0) is 17.3. The van der Waals surface area contributed by atoms with E-state index in [1.165, 1.54) is 11.3 Å². The monoisotopic (exact) mass is 345 g/mol. The summed E-state index contributed by atoms with van der Waals surface area (Å²) in [6.07, 6.45) is 0. The average Bonchev–Trinajstić information content (AvgIpc) is 3.19. The molecule has 0 radical (unpaired) electrons. The maximum absolute atomic E-state index is 12.6. The van der Waals surface area contributed by atoms with Gasteiger partial charge in [0, 0.05) is 10.3 Å². The van der Waals surface area contributed by atoms with E-state index >= 15 is 0 Å². The van der Waals surface area contributed by atoms with Gasteiger partial charge in [0.15, 0.2) is 0 Å². The molecular weight excluding hydrogens is 326 g/mol. The topological polar surface area (TPSA) is 71.7 Å². The second kappa shape index (κ2) is 6.30. The fourth-order valence-electron chi connectivity index (χ4n) is 2.62. The summed E-state index contributed by atoms with van der Waals surface area (Å²) in [5, 5.41) is 15.9. The number of carbonyl (C=O) groups excluding carboxylic acids is 1. The molecule has 6 heteroatoms. The van der Waals surface area contributed by atoms with Crippen molar-refractivity contribution in [2.45, 2.75) is 19.4 Å². The van der Waals surface area contributed by atoms with Crippen molar-refractivity contribution in [2.75, 3.05) is 13.7 Å². The summed E-state index contributed by atoms with van der Waals surface area (Å²) in [4.78, 5) is 13.4. The van der Waals surface area contributed by atoms with E-state index in [9.17, 15) is 9.90 Å². The largest absolute Gasteiger partial charge is 0.497 e. The van der Waals surface area contributed by atoms with Crippen molar-refractivity contribution in [3.63, 3.8) is 0 Å². The van der Waals surface area contributed by atoms with Gasteiger partial charge in [0.25, 0.3) is 5.91 Å². The Morgan fingerprint density at radius 1 is 1.42 bits per heavy atom. The zero-order valence-electron chi connectivity index (χ0n) is 13.8. The second-order valence-electron chi connectivity index (χ2n) is 5.83. The third-order valence-corrected chi connectivity index (χ3v) is 5.07. The lowest BCUT2D eigenvalue weighted by molar-refractivity contribution is 0.0556. The van der Waals surface area contributed by atoms with Gasteiger partial charge in [-0.2, -0.15) is 0 Å². The molecule has 2 aromatic heterocycles. The molecule has 1 aromatic carbocycles. The van der Waals surface area contributed by atoms with Crippen LogP contribution in [-0.4, -0.2) is 24.7 Å². The van der Waals surface area contributed by atoms with Crippen molar-refractivity contribution in [3.8, 4) is 5.75 Å². The van der Waals surface area contributed by atoms with E-state index < -0.39 is 5.60 Å². The molecule has 0 aliphatic heterocycles. The van der Waals surface area contributed by atoms with Crippen LogP contribution in [0.5, 0.6) is 5.75 Å². The predicted octanol–water partition coefficient (Wildman–Crippen LogP) is 3.45. The molecule has 2 heterocycles. The van der Waals surface area contributed by atoms with Crippen LogP contribution in [0, 0.1) is 6.92 Å². The summed E-state index contributed by atoms with van der Waals surface area (Å²) >= 11 is 1.45.